The maximum absolute atomic E-state index is 14.0. The third-order valence-electron chi connectivity index (χ3n) is 4.51. The van der Waals surface area contributed by atoms with Crippen LogP contribution in [-0.2, 0) is 28.9 Å². The molecule has 2 aromatic rings. The van der Waals surface area contributed by atoms with E-state index in [1.165, 1.54) is 12.1 Å². The van der Waals surface area contributed by atoms with E-state index in [1.807, 2.05) is 12.1 Å². The maximum Gasteiger partial charge on any atom is 0.419 e. The normalized spacial score (nSPS) is 14.6. The van der Waals surface area contributed by atoms with E-state index in [0.29, 0.717) is 0 Å². The summed E-state index contributed by atoms with van der Waals surface area (Å²) in [5.41, 5.74) is -1.16. The number of nitrogens with one attached hydrogen (secondary N) is 1. The Labute approximate surface area is 176 Å². The summed E-state index contributed by atoms with van der Waals surface area (Å²) >= 11 is 0. The number of nitrogens with zero attached hydrogens (tertiary/aromatic N) is 1. The average molecular weight is 448 g/mol. The summed E-state index contributed by atoms with van der Waals surface area (Å²) < 4.78 is 57.6. The van der Waals surface area contributed by atoms with Crippen molar-refractivity contribution in [2.75, 3.05) is 13.1 Å². The van der Waals surface area contributed by atoms with Gasteiger partial charge in [0.05, 0.1) is 18.4 Å². The highest BCUT2D eigenvalue weighted by Gasteiger charge is 2.34. The summed E-state index contributed by atoms with van der Waals surface area (Å²) in [6, 6.07) is 7.36. The van der Waals surface area contributed by atoms with E-state index >= 15 is 0 Å². The topological polar surface area (TPSA) is 103 Å². The molecule has 0 radical (unpaired) electrons. The predicted molar refractivity (Wildman–Crippen MR) is 103 cm³/mol. The number of halogens is 4. The molecule has 0 atom stereocenters. The van der Waals surface area contributed by atoms with Crippen LogP contribution in [0.2, 0.25) is 0 Å². The number of hydrogen-bond donors (Lipinski definition) is 3. The molecule has 1 fully saturated rings. The highest BCUT2D eigenvalue weighted by atomic mass is 19.4. The van der Waals surface area contributed by atoms with E-state index in [-0.39, 0.29) is 31.1 Å². The van der Waals surface area contributed by atoms with Crippen molar-refractivity contribution in [3.8, 4) is 0 Å². The molecule has 0 saturated carbocycles. The molecule has 0 spiro atoms. The van der Waals surface area contributed by atoms with Crippen molar-refractivity contribution < 1.29 is 41.8 Å². The molecule has 0 bridgehead atoms. The van der Waals surface area contributed by atoms with Crippen LogP contribution in [0.25, 0.3) is 0 Å². The molecule has 0 aliphatic carbocycles. The van der Waals surface area contributed by atoms with E-state index in [0.717, 1.165) is 44.3 Å². The summed E-state index contributed by atoms with van der Waals surface area (Å²) in [7, 11) is 0. The molecule has 2 heterocycles. The zero-order chi connectivity index (χ0) is 23.3. The SMILES string of the molecule is Fc1c(CNC2CCN(Cc3ccco3)CC2)cccc1C(F)(F)F.O=CO.O=CO. The molecule has 1 aromatic carbocycles. The van der Waals surface area contributed by atoms with Crippen LogP contribution in [0, 0.1) is 5.82 Å². The van der Waals surface area contributed by atoms with Gasteiger partial charge in [0.15, 0.2) is 0 Å². The van der Waals surface area contributed by atoms with Crippen molar-refractivity contribution in [2.45, 2.75) is 38.1 Å². The fourth-order valence-electron chi connectivity index (χ4n) is 3.11. The number of hydrogen-bond acceptors (Lipinski definition) is 5. The van der Waals surface area contributed by atoms with Crippen LogP contribution in [0.4, 0.5) is 17.6 Å². The number of rotatable bonds is 5. The first kappa shape index (κ1) is 26.1. The van der Waals surface area contributed by atoms with Gasteiger partial charge in [-0.05, 0) is 31.0 Å². The molecule has 1 aliphatic rings. The Bertz CT molecular complexity index is 770. The van der Waals surface area contributed by atoms with Gasteiger partial charge < -0.3 is 19.9 Å². The minimum atomic E-state index is -4.67. The van der Waals surface area contributed by atoms with Crippen LogP contribution >= 0.6 is 0 Å². The smallest absolute Gasteiger partial charge is 0.419 e. The summed E-state index contributed by atoms with van der Waals surface area (Å²) in [6.07, 6.45) is -1.30. The van der Waals surface area contributed by atoms with Gasteiger partial charge >= 0.3 is 6.18 Å². The van der Waals surface area contributed by atoms with Gasteiger partial charge in [0, 0.05) is 31.2 Å². The van der Waals surface area contributed by atoms with Crippen molar-refractivity contribution in [1.29, 1.82) is 0 Å². The Morgan fingerprint density at radius 2 is 1.71 bits per heavy atom. The van der Waals surface area contributed by atoms with Gasteiger partial charge in [0.25, 0.3) is 12.9 Å². The maximum atomic E-state index is 14.0. The van der Waals surface area contributed by atoms with Gasteiger partial charge in [0.2, 0.25) is 0 Å². The zero-order valence-electron chi connectivity index (χ0n) is 16.5. The standard InChI is InChI=1S/C18H20F4N2O.2CH2O2/c19-17-13(3-1-5-16(17)18(20,21)22)11-23-14-6-8-24(9-7-14)12-15-4-2-10-25-15;2*2-1-3/h1-5,10,14,23H,6-9,11-12H2;2*1H,(H,2,3). The first-order valence-corrected chi connectivity index (χ1v) is 9.25. The Balaban J connectivity index is 0.000000720. The van der Waals surface area contributed by atoms with E-state index < -0.39 is 17.6 Å². The van der Waals surface area contributed by atoms with E-state index in [4.69, 9.17) is 24.2 Å². The highest BCUT2D eigenvalue weighted by Crippen LogP contribution is 2.32. The molecule has 172 valence electrons. The number of alkyl halides is 3. The monoisotopic (exact) mass is 448 g/mol. The lowest BCUT2D eigenvalue weighted by Gasteiger charge is -2.32. The summed E-state index contributed by atoms with van der Waals surface area (Å²) in [6.45, 7) is 2.08. The Morgan fingerprint density at radius 3 is 2.23 bits per heavy atom. The van der Waals surface area contributed by atoms with E-state index in [1.54, 1.807) is 6.26 Å². The Hall–Kier alpha value is -2.92. The Morgan fingerprint density at radius 1 is 1.10 bits per heavy atom. The van der Waals surface area contributed by atoms with E-state index in [2.05, 4.69) is 10.2 Å². The number of carbonyl (C=O) groups is 2. The molecule has 0 amide bonds. The van der Waals surface area contributed by atoms with Crippen molar-refractivity contribution in [3.63, 3.8) is 0 Å². The fraction of sp³-hybridized carbons (Fsp3) is 0.400. The van der Waals surface area contributed by atoms with E-state index in [9.17, 15) is 17.6 Å². The third kappa shape index (κ3) is 9.18. The second kappa shape index (κ2) is 13.4. The second-order valence-electron chi connectivity index (χ2n) is 6.50. The number of carboxylic acid groups (broad SMARTS) is 2. The van der Waals surface area contributed by atoms with Gasteiger partial charge in [-0.3, -0.25) is 14.5 Å². The van der Waals surface area contributed by atoms with Gasteiger partial charge in [-0.25, -0.2) is 4.39 Å². The molecule has 3 N–H and O–H groups in total. The van der Waals surface area contributed by atoms with Gasteiger partial charge in [-0.2, -0.15) is 13.2 Å². The molecule has 1 aromatic heterocycles. The van der Waals surface area contributed by atoms with Crippen LogP contribution in [0.1, 0.15) is 29.7 Å². The molecule has 11 heteroatoms. The summed E-state index contributed by atoms with van der Waals surface area (Å²) in [4.78, 5) is 19.0. The van der Waals surface area contributed by atoms with Crippen LogP contribution in [0.3, 0.4) is 0 Å². The predicted octanol–water partition coefficient (Wildman–Crippen LogP) is 3.59. The van der Waals surface area contributed by atoms with Crippen LogP contribution in [0.5, 0.6) is 0 Å². The molecule has 3 rings (SSSR count). The van der Waals surface area contributed by atoms with Gasteiger partial charge in [0.1, 0.15) is 11.6 Å². The van der Waals surface area contributed by atoms with Crippen molar-refractivity contribution in [2.24, 2.45) is 0 Å². The minimum absolute atomic E-state index is 0.0489. The lowest BCUT2D eigenvalue weighted by atomic mass is 10.0. The Kier molecular flexibility index (Phi) is 11.3. The number of piperidine rings is 1. The quantitative estimate of drug-likeness (QED) is 0.475. The van der Waals surface area contributed by atoms with Crippen LogP contribution in [-0.4, -0.2) is 47.2 Å². The number of furan rings is 1. The summed E-state index contributed by atoms with van der Waals surface area (Å²) in [5, 5.41) is 17.0. The van der Waals surface area contributed by atoms with Crippen LogP contribution in [0.15, 0.2) is 41.0 Å². The van der Waals surface area contributed by atoms with Crippen molar-refractivity contribution >= 4 is 12.9 Å². The fourth-order valence-corrected chi connectivity index (χ4v) is 3.11. The first-order chi connectivity index (χ1) is 14.8. The average Bonchev–Trinajstić information content (AvgIpc) is 3.22. The lowest BCUT2D eigenvalue weighted by Crippen LogP contribution is -2.41. The highest BCUT2D eigenvalue weighted by molar-refractivity contribution is 5.33. The zero-order valence-corrected chi connectivity index (χ0v) is 16.5. The first-order valence-electron chi connectivity index (χ1n) is 9.25. The van der Waals surface area contributed by atoms with Gasteiger partial charge in [-0.15, -0.1) is 0 Å². The summed E-state index contributed by atoms with van der Waals surface area (Å²) in [5.74, 6) is -0.268. The molecule has 0 unspecified atom stereocenters. The molecule has 1 aliphatic heterocycles. The second-order valence-corrected chi connectivity index (χ2v) is 6.50. The minimum Gasteiger partial charge on any atom is -0.483 e. The number of benzene rings is 1. The number of likely N-dealkylation sites (tertiary alicyclic amines) is 1. The molecule has 31 heavy (non-hydrogen) atoms. The van der Waals surface area contributed by atoms with Crippen molar-refractivity contribution in [3.05, 3.63) is 59.3 Å². The molecular weight excluding hydrogens is 424 g/mol. The van der Waals surface area contributed by atoms with Gasteiger partial charge in [-0.1, -0.05) is 12.1 Å². The molecule has 7 nitrogen and oxygen atoms in total. The molecule has 1 saturated heterocycles. The van der Waals surface area contributed by atoms with Crippen LogP contribution < -0.4 is 5.32 Å². The largest absolute Gasteiger partial charge is 0.483 e. The molecular formula is C20H24F4N2O5. The third-order valence-corrected chi connectivity index (χ3v) is 4.51. The van der Waals surface area contributed by atoms with Crippen molar-refractivity contribution in [1.82, 2.24) is 10.2 Å². The lowest BCUT2D eigenvalue weighted by molar-refractivity contribution is -0.140.